The first kappa shape index (κ1) is 14.0. The largest absolute Gasteiger partial charge is 0.305 e. The zero-order valence-corrected chi connectivity index (χ0v) is 12.0. The van der Waals surface area contributed by atoms with Gasteiger partial charge in [0.1, 0.15) is 0 Å². The van der Waals surface area contributed by atoms with Crippen molar-refractivity contribution in [1.82, 2.24) is 9.80 Å². The number of nitrogens with zero attached hydrogens (tertiary/aromatic N) is 3. The van der Waals surface area contributed by atoms with Crippen LogP contribution in [0.5, 0.6) is 0 Å². The van der Waals surface area contributed by atoms with Crippen molar-refractivity contribution in [2.75, 3.05) is 26.7 Å². The molecule has 2 rings (SSSR count). The molecule has 0 amide bonds. The summed E-state index contributed by atoms with van der Waals surface area (Å²) < 4.78 is 0. The first-order valence-corrected chi connectivity index (χ1v) is 7.14. The molecule has 3 heteroatoms. The number of benzene rings is 1. The average molecular weight is 257 g/mol. The molecule has 3 nitrogen and oxygen atoms in total. The predicted octanol–water partition coefficient (Wildman–Crippen LogP) is 2.47. The van der Waals surface area contributed by atoms with Gasteiger partial charge in [-0.05, 0) is 44.1 Å². The van der Waals surface area contributed by atoms with Crippen LogP contribution in [0.25, 0.3) is 0 Å². The van der Waals surface area contributed by atoms with Crippen molar-refractivity contribution in [3.05, 3.63) is 35.4 Å². The Balaban J connectivity index is 2.09. The monoisotopic (exact) mass is 257 g/mol. The number of likely N-dealkylation sites (N-methyl/N-ethyl adjacent to an activating group) is 1. The van der Waals surface area contributed by atoms with Crippen molar-refractivity contribution < 1.29 is 0 Å². The summed E-state index contributed by atoms with van der Waals surface area (Å²) in [5.41, 5.74) is 2.01. The molecule has 0 radical (unpaired) electrons. The highest BCUT2D eigenvalue weighted by molar-refractivity contribution is 5.32. The van der Waals surface area contributed by atoms with E-state index in [1.54, 1.807) is 0 Å². The molecule has 1 heterocycles. The van der Waals surface area contributed by atoms with Crippen LogP contribution in [0.2, 0.25) is 0 Å². The molecule has 1 atom stereocenters. The van der Waals surface area contributed by atoms with Crippen LogP contribution < -0.4 is 0 Å². The Labute approximate surface area is 116 Å². The van der Waals surface area contributed by atoms with E-state index in [1.807, 2.05) is 18.2 Å². The molecule has 0 aromatic heterocycles. The molecule has 1 unspecified atom stereocenters. The Kier molecular flexibility index (Phi) is 4.95. The molecule has 1 fully saturated rings. The van der Waals surface area contributed by atoms with Gasteiger partial charge in [0, 0.05) is 25.7 Å². The molecule has 1 aromatic rings. The van der Waals surface area contributed by atoms with E-state index in [0.29, 0.717) is 6.04 Å². The molecule has 1 saturated heterocycles. The van der Waals surface area contributed by atoms with Crippen molar-refractivity contribution in [2.24, 2.45) is 0 Å². The van der Waals surface area contributed by atoms with Gasteiger partial charge in [-0.15, -0.1) is 0 Å². The molecule has 0 spiro atoms. The van der Waals surface area contributed by atoms with Gasteiger partial charge in [0.25, 0.3) is 0 Å². The van der Waals surface area contributed by atoms with Crippen molar-refractivity contribution >= 4 is 0 Å². The highest BCUT2D eigenvalue weighted by Gasteiger charge is 2.21. The third kappa shape index (κ3) is 3.79. The molecular formula is C16H23N3. The quantitative estimate of drug-likeness (QED) is 0.833. The van der Waals surface area contributed by atoms with Crippen molar-refractivity contribution in [1.29, 1.82) is 5.26 Å². The summed E-state index contributed by atoms with van der Waals surface area (Å²) >= 11 is 0. The van der Waals surface area contributed by atoms with Crippen LogP contribution in [-0.4, -0.2) is 42.5 Å². The number of nitriles is 1. The molecule has 1 aliphatic rings. The van der Waals surface area contributed by atoms with Crippen LogP contribution >= 0.6 is 0 Å². The normalized spacial score (nSPS) is 21.8. The van der Waals surface area contributed by atoms with Gasteiger partial charge in [-0.1, -0.05) is 19.1 Å². The highest BCUT2D eigenvalue weighted by atomic mass is 15.2. The first-order valence-electron chi connectivity index (χ1n) is 7.14. The second-order valence-corrected chi connectivity index (χ2v) is 5.46. The smallest absolute Gasteiger partial charge is 0.0991 e. The number of hydrogen-bond acceptors (Lipinski definition) is 3. The fourth-order valence-corrected chi connectivity index (χ4v) is 2.86. The van der Waals surface area contributed by atoms with Crippen LogP contribution in [0.3, 0.4) is 0 Å². The molecule has 0 aliphatic carbocycles. The Morgan fingerprint density at radius 1 is 1.37 bits per heavy atom. The van der Waals surface area contributed by atoms with Crippen molar-refractivity contribution in [3.8, 4) is 6.07 Å². The lowest BCUT2D eigenvalue weighted by atomic mass is 10.1. The molecule has 19 heavy (non-hydrogen) atoms. The SMILES string of the molecule is CCC1CN(C)CCCN1Cc1cccc(C#N)c1. The Morgan fingerprint density at radius 3 is 2.95 bits per heavy atom. The fraction of sp³-hybridized carbons (Fsp3) is 0.562. The van der Waals surface area contributed by atoms with Gasteiger partial charge in [-0.25, -0.2) is 0 Å². The van der Waals surface area contributed by atoms with Crippen molar-refractivity contribution in [2.45, 2.75) is 32.4 Å². The van der Waals surface area contributed by atoms with E-state index in [1.165, 1.54) is 24.9 Å². The van der Waals surface area contributed by atoms with Crippen LogP contribution in [-0.2, 0) is 6.54 Å². The lowest BCUT2D eigenvalue weighted by Gasteiger charge is -2.30. The van der Waals surface area contributed by atoms with Gasteiger partial charge in [0.2, 0.25) is 0 Å². The van der Waals surface area contributed by atoms with Gasteiger partial charge in [-0.2, -0.15) is 5.26 Å². The van der Waals surface area contributed by atoms with E-state index < -0.39 is 0 Å². The third-order valence-electron chi connectivity index (χ3n) is 3.94. The molecule has 0 N–H and O–H groups in total. The summed E-state index contributed by atoms with van der Waals surface area (Å²) in [7, 11) is 2.21. The minimum atomic E-state index is 0.623. The van der Waals surface area contributed by atoms with E-state index in [9.17, 15) is 0 Å². The Hall–Kier alpha value is -1.37. The summed E-state index contributed by atoms with van der Waals surface area (Å²) in [5.74, 6) is 0. The Bertz CT molecular complexity index is 450. The summed E-state index contributed by atoms with van der Waals surface area (Å²) in [5, 5.41) is 8.98. The van der Waals surface area contributed by atoms with Gasteiger partial charge in [0.15, 0.2) is 0 Å². The van der Waals surface area contributed by atoms with E-state index >= 15 is 0 Å². The first-order chi connectivity index (χ1) is 9.22. The summed E-state index contributed by atoms with van der Waals surface area (Å²) in [6.45, 7) is 6.71. The van der Waals surface area contributed by atoms with Gasteiger partial charge >= 0.3 is 0 Å². The van der Waals surface area contributed by atoms with Crippen LogP contribution in [0.1, 0.15) is 30.9 Å². The summed E-state index contributed by atoms with van der Waals surface area (Å²) in [6.07, 6.45) is 2.41. The second-order valence-electron chi connectivity index (χ2n) is 5.46. The van der Waals surface area contributed by atoms with Crippen LogP contribution in [0.4, 0.5) is 0 Å². The zero-order chi connectivity index (χ0) is 13.7. The molecule has 0 saturated carbocycles. The number of hydrogen-bond donors (Lipinski definition) is 0. The summed E-state index contributed by atoms with van der Waals surface area (Å²) in [6, 6.07) is 10.8. The minimum Gasteiger partial charge on any atom is -0.305 e. The molecule has 1 aliphatic heterocycles. The lowest BCUT2D eigenvalue weighted by molar-refractivity contribution is 0.176. The standard InChI is InChI=1S/C16H23N3/c1-3-16-13-18(2)8-5-9-19(16)12-15-7-4-6-14(10-15)11-17/h4,6-7,10,16H,3,5,8-9,12-13H2,1-2H3. The van der Waals surface area contributed by atoms with E-state index in [-0.39, 0.29) is 0 Å². The lowest BCUT2D eigenvalue weighted by Crippen LogP contribution is -2.39. The topological polar surface area (TPSA) is 30.3 Å². The minimum absolute atomic E-state index is 0.623. The third-order valence-corrected chi connectivity index (χ3v) is 3.94. The van der Waals surface area contributed by atoms with Gasteiger partial charge in [0.05, 0.1) is 11.6 Å². The molecule has 102 valence electrons. The highest BCUT2D eigenvalue weighted by Crippen LogP contribution is 2.16. The van der Waals surface area contributed by atoms with Gasteiger partial charge < -0.3 is 4.90 Å². The molecule has 1 aromatic carbocycles. The summed E-state index contributed by atoms with van der Waals surface area (Å²) in [4.78, 5) is 5.00. The average Bonchev–Trinajstić information content (AvgIpc) is 2.60. The van der Waals surface area contributed by atoms with Gasteiger partial charge in [-0.3, -0.25) is 4.90 Å². The Morgan fingerprint density at radius 2 is 2.21 bits per heavy atom. The van der Waals surface area contributed by atoms with E-state index in [0.717, 1.165) is 25.2 Å². The maximum atomic E-state index is 8.98. The molecular weight excluding hydrogens is 234 g/mol. The predicted molar refractivity (Wildman–Crippen MR) is 77.8 cm³/mol. The van der Waals surface area contributed by atoms with E-state index in [4.69, 9.17) is 5.26 Å². The maximum absolute atomic E-state index is 8.98. The van der Waals surface area contributed by atoms with E-state index in [2.05, 4.69) is 35.9 Å². The van der Waals surface area contributed by atoms with Crippen LogP contribution in [0, 0.1) is 11.3 Å². The fourth-order valence-electron chi connectivity index (χ4n) is 2.86. The second kappa shape index (κ2) is 6.70. The maximum Gasteiger partial charge on any atom is 0.0991 e. The number of rotatable bonds is 3. The zero-order valence-electron chi connectivity index (χ0n) is 12.0. The van der Waals surface area contributed by atoms with Crippen molar-refractivity contribution in [3.63, 3.8) is 0 Å². The molecule has 0 bridgehead atoms. The van der Waals surface area contributed by atoms with Crippen LogP contribution in [0.15, 0.2) is 24.3 Å².